The number of halogens is 3. The minimum Gasteiger partial charge on any atom is -0.381 e. The number of amides is 4. The molecule has 52 heavy (non-hydrogen) atoms. The van der Waals surface area contributed by atoms with Crippen LogP contribution in [-0.2, 0) is 19.2 Å². The third-order valence-corrected chi connectivity index (χ3v) is 11.3. The molecule has 1 saturated heterocycles. The summed E-state index contributed by atoms with van der Waals surface area (Å²) in [7, 11) is 0. The number of hydrogen-bond acceptors (Lipinski definition) is 8. The van der Waals surface area contributed by atoms with E-state index in [1.807, 2.05) is 6.92 Å². The SMILES string of the molecule is CCC[C@H](NC(=O)[C@@H]1[C@H]2CCC[C@H]2CN1C(=O)[C@@H](NC(=O)[C@@H](NC(c1cnccn1)C(F)(F)F)C1CCCCC1)C(C)(C)C)C(O)C(=O)NC1CC1. The van der Waals surface area contributed by atoms with Crippen LogP contribution in [0.1, 0.15) is 116 Å². The number of alkyl halides is 3. The maximum atomic E-state index is 14.7. The van der Waals surface area contributed by atoms with Gasteiger partial charge in [0.15, 0.2) is 6.10 Å². The third-order valence-electron chi connectivity index (χ3n) is 11.3. The van der Waals surface area contributed by atoms with Crippen LogP contribution in [-0.4, -0.2) is 92.6 Å². The van der Waals surface area contributed by atoms with Crippen molar-refractivity contribution >= 4 is 23.6 Å². The van der Waals surface area contributed by atoms with Crippen LogP contribution in [0.5, 0.6) is 0 Å². The number of hydrogen-bond donors (Lipinski definition) is 5. The van der Waals surface area contributed by atoms with E-state index < -0.39 is 77.5 Å². The Morgan fingerprint density at radius 1 is 0.942 bits per heavy atom. The van der Waals surface area contributed by atoms with E-state index in [9.17, 15) is 37.5 Å². The number of aliphatic hydroxyl groups is 1. The van der Waals surface area contributed by atoms with E-state index in [0.29, 0.717) is 32.2 Å². The van der Waals surface area contributed by atoms with E-state index in [1.54, 1.807) is 20.8 Å². The van der Waals surface area contributed by atoms with Gasteiger partial charge < -0.3 is 26.0 Å². The number of carbonyl (C=O) groups is 4. The van der Waals surface area contributed by atoms with Gasteiger partial charge in [-0.25, -0.2) is 0 Å². The van der Waals surface area contributed by atoms with E-state index in [4.69, 9.17) is 0 Å². The average Bonchev–Trinajstić information content (AvgIpc) is 3.66. The highest BCUT2D eigenvalue weighted by Gasteiger charge is 2.53. The van der Waals surface area contributed by atoms with Gasteiger partial charge in [0.25, 0.3) is 5.91 Å². The van der Waals surface area contributed by atoms with Crippen molar-refractivity contribution in [1.29, 1.82) is 0 Å². The molecule has 290 valence electrons. The first-order chi connectivity index (χ1) is 24.6. The summed E-state index contributed by atoms with van der Waals surface area (Å²) in [5, 5.41) is 22.1. The van der Waals surface area contributed by atoms with Crippen molar-refractivity contribution in [3.8, 4) is 0 Å². The van der Waals surface area contributed by atoms with Crippen molar-refractivity contribution in [3.05, 3.63) is 24.3 Å². The van der Waals surface area contributed by atoms with Crippen LogP contribution >= 0.6 is 0 Å². The van der Waals surface area contributed by atoms with Crippen molar-refractivity contribution in [3.63, 3.8) is 0 Å². The summed E-state index contributed by atoms with van der Waals surface area (Å²) in [6.45, 7) is 7.50. The second-order valence-corrected chi connectivity index (χ2v) is 16.4. The largest absolute Gasteiger partial charge is 0.409 e. The maximum Gasteiger partial charge on any atom is 0.409 e. The van der Waals surface area contributed by atoms with Gasteiger partial charge in [-0.05, 0) is 68.1 Å². The van der Waals surface area contributed by atoms with Gasteiger partial charge in [-0.1, -0.05) is 59.8 Å². The molecular formula is C37H56F3N7O5. The van der Waals surface area contributed by atoms with E-state index in [0.717, 1.165) is 57.6 Å². The minimum atomic E-state index is -4.78. The number of aromatic nitrogens is 2. The van der Waals surface area contributed by atoms with E-state index in [-0.39, 0.29) is 23.6 Å². The molecule has 12 nitrogen and oxygen atoms in total. The van der Waals surface area contributed by atoms with Crippen LogP contribution in [0, 0.1) is 23.2 Å². The maximum absolute atomic E-state index is 14.7. The molecular weight excluding hydrogens is 679 g/mol. The second kappa shape index (κ2) is 16.8. The summed E-state index contributed by atoms with van der Waals surface area (Å²) in [4.78, 5) is 65.0. The first-order valence-electron chi connectivity index (χ1n) is 19.1. The Morgan fingerprint density at radius 3 is 2.25 bits per heavy atom. The molecule has 1 aromatic heterocycles. The number of fused-ring (bicyclic) bond motifs is 1. The lowest BCUT2D eigenvalue weighted by molar-refractivity contribution is -0.163. The monoisotopic (exact) mass is 735 g/mol. The fourth-order valence-electron chi connectivity index (χ4n) is 8.38. The van der Waals surface area contributed by atoms with Gasteiger partial charge in [0.2, 0.25) is 17.7 Å². The van der Waals surface area contributed by atoms with Crippen LogP contribution < -0.4 is 21.3 Å². The Morgan fingerprint density at radius 2 is 1.65 bits per heavy atom. The predicted octanol–water partition coefficient (Wildman–Crippen LogP) is 3.70. The summed E-state index contributed by atoms with van der Waals surface area (Å²) in [5.41, 5.74) is -1.24. The lowest BCUT2D eigenvalue weighted by atomic mass is 9.81. The molecule has 5 N–H and O–H groups in total. The molecule has 2 heterocycles. The van der Waals surface area contributed by atoms with E-state index >= 15 is 0 Å². The summed E-state index contributed by atoms with van der Waals surface area (Å²) in [6.07, 6.45) is 5.87. The first-order valence-corrected chi connectivity index (χ1v) is 19.1. The summed E-state index contributed by atoms with van der Waals surface area (Å²) < 4.78 is 43.5. The highest BCUT2D eigenvalue weighted by Crippen LogP contribution is 2.43. The molecule has 15 heteroatoms. The molecule has 0 aromatic carbocycles. The number of aliphatic hydroxyl groups excluding tert-OH is 1. The molecule has 0 spiro atoms. The van der Waals surface area contributed by atoms with Crippen molar-refractivity contribution in [1.82, 2.24) is 36.1 Å². The molecule has 4 aliphatic rings. The highest BCUT2D eigenvalue weighted by atomic mass is 19.4. The lowest BCUT2D eigenvalue weighted by Crippen LogP contribution is -2.62. The second-order valence-electron chi connectivity index (χ2n) is 16.4. The molecule has 0 radical (unpaired) electrons. The molecule has 4 fully saturated rings. The van der Waals surface area contributed by atoms with Crippen molar-refractivity contribution in [2.24, 2.45) is 23.2 Å². The zero-order chi connectivity index (χ0) is 37.8. The smallest absolute Gasteiger partial charge is 0.381 e. The van der Waals surface area contributed by atoms with Crippen molar-refractivity contribution in [2.75, 3.05) is 6.54 Å². The average molecular weight is 736 g/mol. The number of carbonyl (C=O) groups excluding carboxylic acids is 4. The zero-order valence-electron chi connectivity index (χ0n) is 30.8. The summed E-state index contributed by atoms with van der Waals surface area (Å²) in [6, 6.07) is -6.41. The number of nitrogens with zero attached hydrogens (tertiary/aromatic N) is 3. The Labute approximate surface area is 304 Å². The number of nitrogens with one attached hydrogen (secondary N) is 4. The Balaban J connectivity index is 1.39. The van der Waals surface area contributed by atoms with Gasteiger partial charge in [-0.15, -0.1) is 0 Å². The fourth-order valence-corrected chi connectivity index (χ4v) is 8.38. The number of rotatable bonds is 14. The standard InChI is InChI=1S/C37H56F3N7O5/c1-5-10-25(29(48)34(51)43-23-15-16-23)44-33(50)28-24-14-9-13-22(24)20-47(28)35(52)31(36(2,3)4)46-32(49)27(21-11-7-6-8-12-21)45-30(37(38,39)40)26-19-41-17-18-42-26/h17-19,21-25,27-31,45,48H,5-16,20H2,1-4H3,(H,43,51)(H,44,50)(H,46,49)/t22-,24-,25-,27-,28-,29?,30?,31+/m0/s1. The summed E-state index contributed by atoms with van der Waals surface area (Å²) >= 11 is 0. The van der Waals surface area contributed by atoms with Crippen molar-refractivity contribution < 1.29 is 37.5 Å². The first kappa shape index (κ1) is 39.9. The molecule has 2 unspecified atom stereocenters. The molecule has 3 saturated carbocycles. The number of likely N-dealkylation sites (tertiary alicyclic amines) is 1. The molecule has 1 aliphatic heterocycles. The normalized spacial score (nSPS) is 25.4. The Hall–Kier alpha value is -3.33. The lowest BCUT2D eigenvalue weighted by Gasteiger charge is -2.39. The Bertz CT molecular complexity index is 1400. The van der Waals surface area contributed by atoms with Crippen molar-refractivity contribution in [2.45, 2.75) is 153 Å². The molecule has 5 rings (SSSR count). The van der Waals surface area contributed by atoms with Gasteiger partial charge in [0.05, 0.1) is 24.0 Å². The highest BCUT2D eigenvalue weighted by molar-refractivity contribution is 5.94. The molecule has 1 aromatic rings. The van der Waals surface area contributed by atoms with Gasteiger partial charge in [0.1, 0.15) is 18.1 Å². The predicted molar refractivity (Wildman–Crippen MR) is 186 cm³/mol. The summed E-state index contributed by atoms with van der Waals surface area (Å²) in [5.74, 6) is -2.70. The van der Waals surface area contributed by atoms with Gasteiger partial charge >= 0.3 is 6.18 Å². The van der Waals surface area contributed by atoms with Crippen LogP contribution in [0.4, 0.5) is 13.2 Å². The van der Waals surface area contributed by atoms with Gasteiger partial charge in [0, 0.05) is 25.0 Å². The topological polar surface area (TPSA) is 166 Å². The minimum absolute atomic E-state index is 0.0335. The molecule has 4 amide bonds. The third kappa shape index (κ3) is 9.61. The van der Waals surface area contributed by atoms with Crippen LogP contribution in [0.3, 0.4) is 0 Å². The quantitative estimate of drug-likeness (QED) is 0.193. The van der Waals surface area contributed by atoms with Gasteiger partial charge in [-0.2, -0.15) is 13.2 Å². The van der Waals surface area contributed by atoms with Crippen LogP contribution in [0.15, 0.2) is 18.6 Å². The van der Waals surface area contributed by atoms with Crippen LogP contribution in [0.2, 0.25) is 0 Å². The molecule has 0 bridgehead atoms. The molecule has 3 aliphatic carbocycles. The van der Waals surface area contributed by atoms with Crippen LogP contribution in [0.25, 0.3) is 0 Å². The molecule has 8 atom stereocenters. The van der Waals surface area contributed by atoms with E-state index in [1.165, 1.54) is 17.3 Å². The Kier molecular flexibility index (Phi) is 12.9. The fraction of sp³-hybridized carbons (Fsp3) is 0.784. The van der Waals surface area contributed by atoms with Gasteiger partial charge in [-0.3, -0.25) is 34.5 Å². The van der Waals surface area contributed by atoms with E-state index in [2.05, 4.69) is 31.2 Å². The zero-order valence-corrected chi connectivity index (χ0v) is 30.8.